The Kier molecular flexibility index (Phi) is 5.07. The molecule has 1 amide bonds. The second-order valence-corrected chi connectivity index (χ2v) is 5.57. The molecule has 0 saturated heterocycles. The van der Waals surface area contributed by atoms with Crippen LogP contribution in [0.5, 0.6) is 0 Å². The van der Waals surface area contributed by atoms with Gasteiger partial charge in [-0.15, -0.1) is 11.8 Å². The molecule has 3 nitrogen and oxygen atoms in total. The number of carbonyl (C=O) groups is 1. The van der Waals surface area contributed by atoms with Crippen molar-refractivity contribution in [3.63, 3.8) is 0 Å². The van der Waals surface area contributed by atoms with Crippen LogP contribution in [0, 0.1) is 0 Å². The van der Waals surface area contributed by atoms with Gasteiger partial charge < -0.3 is 5.32 Å². The zero-order valence-electron chi connectivity index (χ0n) is 9.77. The number of aromatic nitrogens is 1. The molecule has 1 aromatic carbocycles. The molecule has 0 spiro atoms. The highest BCUT2D eigenvalue weighted by Gasteiger charge is 2.04. The van der Waals surface area contributed by atoms with Crippen LogP contribution >= 0.6 is 35.0 Å². The summed E-state index contributed by atoms with van der Waals surface area (Å²) >= 11 is 12.9. The molecule has 2 aromatic rings. The molecule has 19 heavy (non-hydrogen) atoms. The fourth-order valence-electron chi connectivity index (χ4n) is 1.31. The first-order valence-electron chi connectivity index (χ1n) is 5.43. The first kappa shape index (κ1) is 14.2. The number of thioether (sulfide) groups is 1. The van der Waals surface area contributed by atoms with Gasteiger partial charge in [-0.05, 0) is 36.4 Å². The molecule has 1 heterocycles. The zero-order chi connectivity index (χ0) is 13.7. The standard InChI is InChI=1S/C13H10Cl2N2OS/c14-9-1-4-11(5-2-9)19-8-13(18)17-12-6-3-10(15)7-16-12/h1-7H,8H2,(H,16,17,18). The topological polar surface area (TPSA) is 42.0 Å². The molecule has 1 N–H and O–H groups in total. The smallest absolute Gasteiger partial charge is 0.235 e. The number of anilines is 1. The predicted octanol–water partition coefficient (Wildman–Crippen LogP) is 4.12. The number of pyridine rings is 1. The second-order valence-electron chi connectivity index (χ2n) is 3.65. The number of halogens is 2. The molecule has 0 radical (unpaired) electrons. The average molecular weight is 313 g/mol. The first-order valence-corrected chi connectivity index (χ1v) is 7.17. The Bertz CT molecular complexity index is 558. The van der Waals surface area contributed by atoms with Crippen LogP contribution in [-0.2, 0) is 4.79 Å². The van der Waals surface area contributed by atoms with Crippen LogP contribution in [0.4, 0.5) is 5.82 Å². The summed E-state index contributed by atoms with van der Waals surface area (Å²) in [6.45, 7) is 0. The quantitative estimate of drug-likeness (QED) is 0.863. The summed E-state index contributed by atoms with van der Waals surface area (Å²) in [5.41, 5.74) is 0. The van der Waals surface area contributed by atoms with E-state index in [2.05, 4.69) is 10.3 Å². The Balaban J connectivity index is 1.84. The fourth-order valence-corrected chi connectivity index (χ4v) is 2.24. The van der Waals surface area contributed by atoms with Crippen molar-refractivity contribution in [1.29, 1.82) is 0 Å². The van der Waals surface area contributed by atoms with E-state index in [9.17, 15) is 4.79 Å². The molecular formula is C13H10Cl2N2OS. The van der Waals surface area contributed by atoms with E-state index in [1.807, 2.05) is 12.1 Å². The van der Waals surface area contributed by atoms with Crippen LogP contribution < -0.4 is 5.32 Å². The summed E-state index contributed by atoms with van der Waals surface area (Å²) in [6, 6.07) is 10.7. The van der Waals surface area contributed by atoms with Gasteiger partial charge in [0.05, 0.1) is 10.8 Å². The van der Waals surface area contributed by atoms with Gasteiger partial charge in [0.25, 0.3) is 0 Å². The number of rotatable bonds is 4. The maximum atomic E-state index is 11.7. The third-order valence-corrected chi connectivity index (χ3v) is 3.67. The molecule has 6 heteroatoms. The van der Waals surface area contributed by atoms with Crippen LogP contribution in [0.1, 0.15) is 0 Å². The summed E-state index contributed by atoms with van der Waals surface area (Å²) in [5.74, 6) is 0.687. The Morgan fingerprint density at radius 1 is 1.11 bits per heavy atom. The monoisotopic (exact) mass is 312 g/mol. The van der Waals surface area contributed by atoms with E-state index in [0.29, 0.717) is 21.6 Å². The second kappa shape index (κ2) is 6.80. The van der Waals surface area contributed by atoms with E-state index >= 15 is 0 Å². The number of carbonyl (C=O) groups excluding carboxylic acids is 1. The molecule has 0 aliphatic carbocycles. The lowest BCUT2D eigenvalue weighted by Gasteiger charge is -2.04. The van der Waals surface area contributed by atoms with Gasteiger partial charge in [-0.1, -0.05) is 23.2 Å². The van der Waals surface area contributed by atoms with Gasteiger partial charge >= 0.3 is 0 Å². The van der Waals surface area contributed by atoms with Crippen LogP contribution in [0.3, 0.4) is 0 Å². The Morgan fingerprint density at radius 3 is 2.42 bits per heavy atom. The number of benzene rings is 1. The highest BCUT2D eigenvalue weighted by molar-refractivity contribution is 8.00. The summed E-state index contributed by atoms with van der Waals surface area (Å²) < 4.78 is 0. The van der Waals surface area contributed by atoms with Gasteiger partial charge in [-0.25, -0.2) is 4.98 Å². The lowest BCUT2D eigenvalue weighted by Crippen LogP contribution is -2.14. The van der Waals surface area contributed by atoms with E-state index in [-0.39, 0.29) is 5.91 Å². The Morgan fingerprint density at radius 2 is 1.79 bits per heavy atom. The van der Waals surface area contributed by atoms with Gasteiger partial charge in [-0.2, -0.15) is 0 Å². The third kappa shape index (κ3) is 4.74. The van der Waals surface area contributed by atoms with Crippen LogP contribution in [0.15, 0.2) is 47.5 Å². The van der Waals surface area contributed by atoms with E-state index in [1.54, 1.807) is 24.3 Å². The van der Waals surface area contributed by atoms with Gasteiger partial charge in [0, 0.05) is 16.1 Å². The Hall–Kier alpha value is -1.23. The molecule has 0 fully saturated rings. The zero-order valence-corrected chi connectivity index (χ0v) is 12.1. The van der Waals surface area contributed by atoms with Crippen molar-refractivity contribution < 1.29 is 4.79 Å². The Labute approximate surface area is 125 Å². The molecule has 98 valence electrons. The van der Waals surface area contributed by atoms with Crippen LogP contribution in [0.2, 0.25) is 10.0 Å². The van der Waals surface area contributed by atoms with E-state index < -0.39 is 0 Å². The van der Waals surface area contributed by atoms with Crippen LogP contribution in [-0.4, -0.2) is 16.6 Å². The van der Waals surface area contributed by atoms with E-state index in [4.69, 9.17) is 23.2 Å². The predicted molar refractivity (Wildman–Crippen MR) is 80.1 cm³/mol. The average Bonchev–Trinajstić information content (AvgIpc) is 2.41. The number of nitrogens with one attached hydrogen (secondary N) is 1. The highest BCUT2D eigenvalue weighted by atomic mass is 35.5. The summed E-state index contributed by atoms with van der Waals surface area (Å²) in [5, 5.41) is 3.91. The van der Waals surface area contributed by atoms with Gasteiger partial charge in [0.2, 0.25) is 5.91 Å². The van der Waals surface area contributed by atoms with E-state index in [0.717, 1.165) is 4.90 Å². The molecule has 0 aliphatic rings. The fraction of sp³-hybridized carbons (Fsp3) is 0.0769. The van der Waals surface area contributed by atoms with Crippen molar-refractivity contribution >= 4 is 46.7 Å². The minimum Gasteiger partial charge on any atom is -0.310 e. The molecular weight excluding hydrogens is 303 g/mol. The lowest BCUT2D eigenvalue weighted by atomic mass is 10.4. The first-order chi connectivity index (χ1) is 9.13. The van der Waals surface area contributed by atoms with Gasteiger partial charge in [0.15, 0.2) is 0 Å². The van der Waals surface area contributed by atoms with Crippen molar-refractivity contribution in [2.45, 2.75) is 4.90 Å². The minimum absolute atomic E-state index is 0.116. The van der Waals surface area contributed by atoms with Gasteiger partial charge in [-0.3, -0.25) is 4.79 Å². The normalized spacial score (nSPS) is 10.2. The van der Waals surface area contributed by atoms with Crippen molar-refractivity contribution in [3.8, 4) is 0 Å². The molecule has 2 rings (SSSR count). The van der Waals surface area contributed by atoms with E-state index in [1.165, 1.54) is 18.0 Å². The van der Waals surface area contributed by atoms with Crippen molar-refractivity contribution in [1.82, 2.24) is 4.98 Å². The highest BCUT2D eigenvalue weighted by Crippen LogP contribution is 2.20. The van der Waals surface area contributed by atoms with Crippen molar-refractivity contribution in [2.24, 2.45) is 0 Å². The molecule has 1 aromatic heterocycles. The number of amides is 1. The van der Waals surface area contributed by atoms with Gasteiger partial charge in [0.1, 0.15) is 5.82 Å². The maximum Gasteiger partial charge on any atom is 0.235 e. The summed E-state index contributed by atoms with van der Waals surface area (Å²) in [6.07, 6.45) is 1.49. The molecule has 0 saturated carbocycles. The molecule has 0 unspecified atom stereocenters. The number of hydrogen-bond acceptors (Lipinski definition) is 3. The summed E-state index contributed by atoms with van der Waals surface area (Å²) in [4.78, 5) is 16.7. The minimum atomic E-state index is -0.116. The molecule has 0 aliphatic heterocycles. The van der Waals surface area contributed by atoms with Crippen LogP contribution in [0.25, 0.3) is 0 Å². The summed E-state index contributed by atoms with van der Waals surface area (Å²) in [7, 11) is 0. The maximum absolute atomic E-state index is 11.7. The van der Waals surface area contributed by atoms with Crippen molar-refractivity contribution in [2.75, 3.05) is 11.1 Å². The number of nitrogens with zero attached hydrogens (tertiary/aromatic N) is 1. The molecule has 0 atom stereocenters. The largest absolute Gasteiger partial charge is 0.310 e. The SMILES string of the molecule is O=C(CSc1ccc(Cl)cc1)Nc1ccc(Cl)cn1. The molecule has 0 bridgehead atoms. The lowest BCUT2D eigenvalue weighted by molar-refractivity contribution is -0.113. The third-order valence-electron chi connectivity index (χ3n) is 2.18. The van der Waals surface area contributed by atoms with Crippen molar-refractivity contribution in [3.05, 3.63) is 52.6 Å². The number of hydrogen-bond donors (Lipinski definition) is 1.